The van der Waals surface area contributed by atoms with Gasteiger partial charge in [0.25, 0.3) is 0 Å². The molecule has 1 aromatic rings. The van der Waals surface area contributed by atoms with Crippen molar-refractivity contribution in [2.75, 3.05) is 13.1 Å². The third kappa shape index (κ3) is 3.03. The standard InChI is InChI=1S/C15H16N2O5/c18-14(19)13-6-12(16-22-13)11-7-17(8-11)15(20)21-9-10-4-2-1-3-5-10/h1-5,11,13H,6-9H2,(H,18,19). The molecule has 0 bridgehead atoms. The van der Waals surface area contributed by atoms with Crippen molar-refractivity contribution in [1.82, 2.24) is 4.90 Å². The Bertz CT molecular complexity index is 595. The average Bonchev–Trinajstić information content (AvgIpc) is 2.94. The summed E-state index contributed by atoms with van der Waals surface area (Å²) in [6.07, 6.45) is -0.976. The summed E-state index contributed by atoms with van der Waals surface area (Å²) in [5, 5.41) is 12.6. The number of rotatable bonds is 4. The highest BCUT2D eigenvalue weighted by Crippen LogP contribution is 2.25. The van der Waals surface area contributed by atoms with Gasteiger partial charge in [-0.15, -0.1) is 0 Å². The highest BCUT2D eigenvalue weighted by Gasteiger charge is 2.40. The SMILES string of the molecule is O=C(O)C1CC(C2CN(C(=O)OCc3ccccc3)C2)=NO1. The summed E-state index contributed by atoms with van der Waals surface area (Å²) < 4.78 is 5.22. The van der Waals surface area contributed by atoms with E-state index in [1.807, 2.05) is 30.3 Å². The van der Waals surface area contributed by atoms with Crippen molar-refractivity contribution < 1.29 is 24.3 Å². The number of carboxylic acid groups (broad SMARTS) is 1. The van der Waals surface area contributed by atoms with Crippen molar-refractivity contribution in [3.8, 4) is 0 Å². The second kappa shape index (κ2) is 6.05. The normalized spacial score (nSPS) is 20.8. The maximum atomic E-state index is 11.9. The number of aliphatic carboxylic acids is 1. The molecule has 116 valence electrons. The minimum atomic E-state index is -1.02. The van der Waals surface area contributed by atoms with E-state index in [2.05, 4.69) is 5.16 Å². The molecule has 7 heteroatoms. The molecule has 1 fully saturated rings. The summed E-state index contributed by atoms with van der Waals surface area (Å²) in [7, 11) is 0. The zero-order valence-corrected chi connectivity index (χ0v) is 11.8. The van der Waals surface area contributed by atoms with Crippen LogP contribution in [0.25, 0.3) is 0 Å². The molecule has 7 nitrogen and oxygen atoms in total. The number of carboxylic acids is 1. The van der Waals surface area contributed by atoms with Crippen LogP contribution < -0.4 is 0 Å². The monoisotopic (exact) mass is 304 g/mol. The summed E-state index contributed by atoms with van der Waals surface area (Å²) in [5.74, 6) is -0.953. The Labute approximate surface area is 127 Å². The lowest BCUT2D eigenvalue weighted by Gasteiger charge is -2.37. The van der Waals surface area contributed by atoms with Crippen molar-refractivity contribution in [3.05, 3.63) is 35.9 Å². The molecule has 0 aromatic heterocycles. The minimum absolute atomic E-state index is 0.0635. The molecular weight excluding hydrogens is 288 g/mol. The van der Waals surface area contributed by atoms with Gasteiger partial charge in [-0.1, -0.05) is 35.5 Å². The minimum Gasteiger partial charge on any atom is -0.478 e. The molecule has 1 N–H and O–H groups in total. The Morgan fingerprint density at radius 2 is 2.05 bits per heavy atom. The summed E-state index contributed by atoms with van der Waals surface area (Å²) >= 11 is 0. The van der Waals surface area contributed by atoms with E-state index in [9.17, 15) is 9.59 Å². The number of hydrogen-bond donors (Lipinski definition) is 1. The van der Waals surface area contributed by atoms with Gasteiger partial charge in [-0.25, -0.2) is 9.59 Å². The first-order valence-electron chi connectivity index (χ1n) is 7.04. The van der Waals surface area contributed by atoms with Gasteiger partial charge in [-0.3, -0.25) is 0 Å². The van der Waals surface area contributed by atoms with E-state index < -0.39 is 12.1 Å². The summed E-state index contributed by atoms with van der Waals surface area (Å²) in [5.41, 5.74) is 1.64. The molecule has 0 aliphatic carbocycles. The van der Waals surface area contributed by atoms with Crippen molar-refractivity contribution in [2.24, 2.45) is 11.1 Å². The first-order valence-corrected chi connectivity index (χ1v) is 7.04. The molecule has 2 aliphatic heterocycles. The average molecular weight is 304 g/mol. The lowest BCUT2D eigenvalue weighted by molar-refractivity contribution is -0.148. The van der Waals surface area contributed by atoms with Gasteiger partial charge in [0, 0.05) is 25.4 Å². The maximum Gasteiger partial charge on any atom is 0.410 e. The Morgan fingerprint density at radius 1 is 1.32 bits per heavy atom. The van der Waals surface area contributed by atoms with Gasteiger partial charge >= 0.3 is 12.1 Å². The van der Waals surface area contributed by atoms with E-state index in [1.54, 1.807) is 4.90 Å². The molecule has 2 aliphatic rings. The van der Waals surface area contributed by atoms with Crippen LogP contribution >= 0.6 is 0 Å². The Morgan fingerprint density at radius 3 is 2.68 bits per heavy atom. The van der Waals surface area contributed by atoms with Crippen LogP contribution in [0.5, 0.6) is 0 Å². The highest BCUT2D eigenvalue weighted by atomic mass is 16.7. The number of likely N-dealkylation sites (tertiary alicyclic amines) is 1. The molecule has 0 radical (unpaired) electrons. The summed E-state index contributed by atoms with van der Waals surface area (Å²) in [6.45, 7) is 1.22. The first kappa shape index (κ1) is 14.4. The van der Waals surface area contributed by atoms with Crippen molar-refractivity contribution >= 4 is 17.8 Å². The number of amides is 1. The van der Waals surface area contributed by atoms with Crippen LogP contribution in [-0.4, -0.2) is 47.0 Å². The number of carbonyl (C=O) groups excluding carboxylic acids is 1. The van der Waals surface area contributed by atoms with Gasteiger partial charge in [-0.05, 0) is 5.56 Å². The third-order valence-corrected chi connectivity index (χ3v) is 3.78. The van der Waals surface area contributed by atoms with Gasteiger partial charge in [-0.2, -0.15) is 0 Å². The van der Waals surface area contributed by atoms with Crippen LogP contribution in [0.2, 0.25) is 0 Å². The molecular formula is C15H16N2O5. The molecule has 1 unspecified atom stereocenters. The summed E-state index contributed by atoms with van der Waals surface area (Å²) in [4.78, 5) is 29.1. The van der Waals surface area contributed by atoms with Crippen LogP contribution in [0.1, 0.15) is 12.0 Å². The molecule has 0 spiro atoms. The number of nitrogens with zero attached hydrogens (tertiary/aromatic N) is 2. The zero-order valence-electron chi connectivity index (χ0n) is 11.8. The molecule has 1 amide bonds. The Balaban J connectivity index is 1.42. The van der Waals surface area contributed by atoms with Crippen LogP contribution in [0.15, 0.2) is 35.5 Å². The largest absolute Gasteiger partial charge is 0.478 e. The molecule has 3 rings (SSSR count). The predicted octanol–water partition coefficient (Wildman–Crippen LogP) is 1.48. The third-order valence-electron chi connectivity index (χ3n) is 3.78. The van der Waals surface area contributed by atoms with Crippen LogP contribution in [-0.2, 0) is 21.0 Å². The van der Waals surface area contributed by atoms with Crippen LogP contribution in [0, 0.1) is 5.92 Å². The van der Waals surface area contributed by atoms with Crippen molar-refractivity contribution in [1.29, 1.82) is 0 Å². The number of oxime groups is 1. The number of carbonyl (C=O) groups is 2. The number of hydrogen-bond acceptors (Lipinski definition) is 5. The van der Waals surface area contributed by atoms with Crippen molar-refractivity contribution in [3.63, 3.8) is 0 Å². The smallest absolute Gasteiger partial charge is 0.410 e. The van der Waals surface area contributed by atoms with Gasteiger partial charge in [0.1, 0.15) is 6.61 Å². The molecule has 1 atom stereocenters. The van der Waals surface area contributed by atoms with Crippen LogP contribution in [0.3, 0.4) is 0 Å². The second-order valence-corrected chi connectivity index (χ2v) is 5.36. The molecule has 22 heavy (non-hydrogen) atoms. The lowest BCUT2D eigenvalue weighted by atomic mass is 9.92. The van der Waals surface area contributed by atoms with E-state index in [-0.39, 0.29) is 25.0 Å². The number of ether oxygens (including phenoxy) is 1. The lowest BCUT2D eigenvalue weighted by Crippen LogP contribution is -2.53. The fourth-order valence-corrected chi connectivity index (χ4v) is 2.42. The molecule has 0 saturated carbocycles. The van der Waals surface area contributed by atoms with Gasteiger partial charge in [0.2, 0.25) is 6.10 Å². The quantitative estimate of drug-likeness (QED) is 0.910. The molecule has 1 saturated heterocycles. The highest BCUT2D eigenvalue weighted by molar-refractivity contribution is 5.93. The van der Waals surface area contributed by atoms with Gasteiger partial charge < -0.3 is 19.6 Å². The van der Waals surface area contributed by atoms with Gasteiger partial charge in [0.15, 0.2) is 0 Å². The second-order valence-electron chi connectivity index (χ2n) is 5.36. The van der Waals surface area contributed by atoms with Gasteiger partial charge in [0.05, 0.1) is 5.71 Å². The maximum absolute atomic E-state index is 11.9. The number of benzene rings is 1. The fourth-order valence-electron chi connectivity index (χ4n) is 2.42. The predicted molar refractivity (Wildman–Crippen MR) is 76.3 cm³/mol. The van der Waals surface area contributed by atoms with E-state index in [1.165, 1.54) is 0 Å². The molecule has 1 aromatic carbocycles. The van der Waals surface area contributed by atoms with E-state index in [0.29, 0.717) is 18.8 Å². The van der Waals surface area contributed by atoms with E-state index >= 15 is 0 Å². The Hall–Kier alpha value is -2.57. The first-order chi connectivity index (χ1) is 10.6. The zero-order chi connectivity index (χ0) is 15.5. The van der Waals surface area contributed by atoms with E-state index in [0.717, 1.165) is 5.56 Å². The summed E-state index contributed by atoms with van der Waals surface area (Å²) in [6, 6.07) is 9.46. The van der Waals surface area contributed by atoms with Crippen LogP contribution in [0.4, 0.5) is 4.79 Å². The fraction of sp³-hybridized carbons (Fsp3) is 0.400. The van der Waals surface area contributed by atoms with E-state index in [4.69, 9.17) is 14.7 Å². The topological polar surface area (TPSA) is 88.4 Å². The Kier molecular flexibility index (Phi) is 3.95. The molecule has 2 heterocycles. The van der Waals surface area contributed by atoms with Crippen molar-refractivity contribution in [2.45, 2.75) is 19.1 Å².